The van der Waals surface area contributed by atoms with E-state index >= 15 is 0 Å². The summed E-state index contributed by atoms with van der Waals surface area (Å²) in [5.74, 6) is 0.0689. The SMILES string of the molecule is Cc1oc(-n2cccc2)c(C#N)c1C(=O)NC(C)c1cccc(OC(F)F)c1. The summed E-state index contributed by atoms with van der Waals surface area (Å²) < 4.78 is 36.4. The zero-order chi connectivity index (χ0) is 20.3. The van der Waals surface area contributed by atoms with Crippen LogP contribution in [0.2, 0.25) is 0 Å². The maximum absolute atomic E-state index is 12.8. The molecule has 0 fully saturated rings. The van der Waals surface area contributed by atoms with Gasteiger partial charge < -0.3 is 14.5 Å². The van der Waals surface area contributed by atoms with Crippen LogP contribution in [-0.4, -0.2) is 17.1 Å². The number of nitrogens with one attached hydrogen (secondary N) is 1. The van der Waals surface area contributed by atoms with E-state index in [1.807, 2.05) is 6.07 Å². The molecule has 2 heterocycles. The molecular weight excluding hydrogens is 368 g/mol. The van der Waals surface area contributed by atoms with E-state index in [1.165, 1.54) is 12.1 Å². The predicted octanol–water partition coefficient (Wildman–Crippen LogP) is 4.34. The summed E-state index contributed by atoms with van der Waals surface area (Å²) in [7, 11) is 0. The molecule has 0 aliphatic heterocycles. The Labute approximate surface area is 159 Å². The van der Waals surface area contributed by atoms with Gasteiger partial charge in [-0.05, 0) is 43.7 Å². The van der Waals surface area contributed by atoms with Gasteiger partial charge in [-0.15, -0.1) is 0 Å². The normalized spacial score (nSPS) is 11.9. The smallest absolute Gasteiger partial charge is 0.387 e. The minimum Gasteiger partial charge on any atom is -0.443 e. The first-order valence-corrected chi connectivity index (χ1v) is 8.43. The molecule has 0 aliphatic rings. The number of amides is 1. The van der Waals surface area contributed by atoms with Gasteiger partial charge in [0, 0.05) is 12.4 Å². The van der Waals surface area contributed by atoms with Crippen molar-refractivity contribution in [2.45, 2.75) is 26.5 Å². The third kappa shape index (κ3) is 3.88. The Balaban J connectivity index is 1.85. The van der Waals surface area contributed by atoms with Gasteiger partial charge in [0.25, 0.3) is 5.91 Å². The minimum absolute atomic E-state index is 0.000647. The molecule has 1 atom stereocenters. The van der Waals surface area contributed by atoms with Crippen LogP contribution in [0.1, 0.15) is 40.2 Å². The first kappa shape index (κ1) is 19.2. The molecule has 0 saturated carbocycles. The van der Waals surface area contributed by atoms with Crippen molar-refractivity contribution < 1.29 is 22.7 Å². The number of carbonyl (C=O) groups excluding carboxylic acids is 1. The fraction of sp³-hybridized carbons (Fsp3) is 0.200. The maximum atomic E-state index is 12.8. The Kier molecular flexibility index (Phi) is 5.45. The third-order valence-electron chi connectivity index (χ3n) is 4.17. The maximum Gasteiger partial charge on any atom is 0.387 e. The monoisotopic (exact) mass is 385 g/mol. The second-order valence-electron chi connectivity index (χ2n) is 6.06. The van der Waals surface area contributed by atoms with Gasteiger partial charge in [-0.1, -0.05) is 12.1 Å². The molecule has 8 heteroatoms. The molecule has 1 aromatic carbocycles. The zero-order valence-corrected chi connectivity index (χ0v) is 15.1. The number of aromatic nitrogens is 1. The Bertz CT molecular complexity index is 1020. The molecule has 0 saturated heterocycles. The van der Waals surface area contributed by atoms with Crippen LogP contribution in [0.25, 0.3) is 5.88 Å². The van der Waals surface area contributed by atoms with Gasteiger partial charge in [-0.3, -0.25) is 9.36 Å². The molecule has 1 unspecified atom stereocenters. The Morgan fingerprint density at radius 2 is 2.00 bits per heavy atom. The van der Waals surface area contributed by atoms with Gasteiger partial charge in [0.2, 0.25) is 5.88 Å². The Morgan fingerprint density at radius 1 is 1.29 bits per heavy atom. The molecule has 6 nitrogen and oxygen atoms in total. The Hall–Kier alpha value is -3.60. The van der Waals surface area contributed by atoms with Crippen LogP contribution in [0, 0.1) is 18.3 Å². The van der Waals surface area contributed by atoms with E-state index in [0.29, 0.717) is 11.3 Å². The van der Waals surface area contributed by atoms with Crippen LogP contribution < -0.4 is 10.1 Å². The van der Waals surface area contributed by atoms with Gasteiger partial charge in [-0.2, -0.15) is 14.0 Å². The fourth-order valence-corrected chi connectivity index (χ4v) is 2.87. The van der Waals surface area contributed by atoms with E-state index in [1.54, 1.807) is 55.1 Å². The van der Waals surface area contributed by atoms with Crippen LogP contribution in [0.4, 0.5) is 8.78 Å². The zero-order valence-electron chi connectivity index (χ0n) is 15.1. The lowest BCUT2D eigenvalue weighted by Gasteiger charge is -2.15. The molecule has 0 aliphatic carbocycles. The number of nitrogens with zero attached hydrogens (tertiary/aromatic N) is 2. The van der Waals surface area contributed by atoms with Gasteiger partial charge in [0.15, 0.2) is 0 Å². The summed E-state index contributed by atoms with van der Waals surface area (Å²) in [5, 5.41) is 12.3. The molecule has 1 N–H and O–H groups in total. The highest BCUT2D eigenvalue weighted by Crippen LogP contribution is 2.27. The van der Waals surface area contributed by atoms with Crippen LogP contribution in [-0.2, 0) is 0 Å². The van der Waals surface area contributed by atoms with Gasteiger partial charge >= 0.3 is 6.61 Å². The molecular formula is C20H17F2N3O3. The Morgan fingerprint density at radius 3 is 2.64 bits per heavy atom. The van der Waals surface area contributed by atoms with Gasteiger partial charge in [-0.25, -0.2) is 0 Å². The summed E-state index contributed by atoms with van der Waals surface area (Å²) in [6.45, 7) is 0.372. The average molecular weight is 385 g/mol. The first-order chi connectivity index (χ1) is 13.4. The molecule has 1 amide bonds. The highest BCUT2D eigenvalue weighted by molar-refractivity contribution is 5.98. The summed E-state index contributed by atoms with van der Waals surface area (Å²) in [4.78, 5) is 12.8. The second kappa shape index (κ2) is 7.96. The van der Waals surface area contributed by atoms with Crippen molar-refractivity contribution in [2.75, 3.05) is 0 Å². The second-order valence-corrected chi connectivity index (χ2v) is 6.06. The fourth-order valence-electron chi connectivity index (χ4n) is 2.87. The van der Waals surface area contributed by atoms with E-state index in [4.69, 9.17) is 4.42 Å². The van der Waals surface area contributed by atoms with Gasteiger partial charge in [0.05, 0.1) is 6.04 Å². The topological polar surface area (TPSA) is 80.2 Å². The summed E-state index contributed by atoms with van der Waals surface area (Å²) in [6.07, 6.45) is 3.41. The number of alkyl halides is 2. The van der Waals surface area contributed by atoms with Crippen molar-refractivity contribution in [3.63, 3.8) is 0 Å². The number of aryl methyl sites for hydroxylation is 1. The predicted molar refractivity (Wildman–Crippen MR) is 96.4 cm³/mol. The van der Waals surface area contributed by atoms with Crippen molar-refractivity contribution >= 4 is 5.91 Å². The van der Waals surface area contributed by atoms with Crippen molar-refractivity contribution in [2.24, 2.45) is 0 Å². The lowest BCUT2D eigenvalue weighted by atomic mass is 10.1. The van der Waals surface area contributed by atoms with Crippen LogP contribution in [0.3, 0.4) is 0 Å². The van der Waals surface area contributed by atoms with Crippen LogP contribution >= 0.6 is 0 Å². The van der Waals surface area contributed by atoms with Crippen molar-refractivity contribution in [1.29, 1.82) is 5.26 Å². The largest absolute Gasteiger partial charge is 0.443 e. The quantitative estimate of drug-likeness (QED) is 0.684. The number of ether oxygens (including phenoxy) is 1. The highest BCUT2D eigenvalue weighted by Gasteiger charge is 2.25. The molecule has 0 radical (unpaired) electrons. The third-order valence-corrected chi connectivity index (χ3v) is 4.17. The molecule has 144 valence electrons. The minimum atomic E-state index is -2.93. The average Bonchev–Trinajstić information content (AvgIpc) is 3.28. The molecule has 28 heavy (non-hydrogen) atoms. The van der Waals surface area contributed by atoms with E-state index < -0.39 is 18.6 Å². The molecule has 0 spiro atoms. The first-order valence-electron chi connectivity index (χ1n) is 8.43. The number of hydrogen-bond donors (Lipinski definition) is 1. The lowest BCUT2D eigenvalue weighted by molar-refractivity contribution is -0.0499. The van der Waals surface area contributed by atoms with E-state index in [2.05, 4.69) is 10.1 Å². The number of carbonyl (C=O) groups is 1. The number of hydrogen-bond acceptors (Lipinski definition) is 4. The number of furan rings is 1. The van der Waals surface area contributed by atoms with Crippen molar-refractivity contribution in [3.8, 4) is 17.7 Å². The number of benzene rings is 1. The van der Waals surface area contributed by atoms with E-state index in [9.17, 15) is 18.8 Å². The van der Waals surface area contributed by atoms with Crippen molar-refractivity contribution in [3.05, 3.63) is 71.2 Å². The number of nitriles is 1. The van der Waals surface area contributed by atoms with E-state index in [-0.39, 0.29) is 22.8 Å². The summed E-state index contributed by atoms with van der Waals surface area (Å²) in [6, 6.07) is 11.1. The summed E-state index contributed by atoms with van der Waals surface area (Å²) in [5.41, 5.74) is 0.836. The standard InChI is InChI=1S/C20H17F2N3O3/c1-12(14-6-5-7-15(10-14)28-20(21)22)24-18(26)17-13(2)27-19(16(17)11-23)25-8-3-4-9-25/h3-10,12,20H,1-2H3,(H,24,26). The van der Waals surface area contributed by atoms with Crippen LogP contribution in [0.5, 0.6) is 5.75 Å². The molecule has 0 bridgehead atoms. The number of halogens is 2. The van der Waals surface area contributed by atoms with Crippen molar-refractivity contribution in [1.82, 2.24) is 9.88 Å². The molecule has 3 aromatic rings. The van der Waals surface area contributed by atoms with E-state index in [0.717, 1.165) is 0 Å². The summed E-state index contributed by atoms with van der Waals surface area (Å²) >= 11 is 0. The molecule has 2 aromatic heterocycles. The highest BCUT2D eigenvalue weighted by atomic mass is 19.3. The van der Waals surface area contributed by atoms with Gasteiger partial charge in [0.1, 0.15) is 28.7 Å². The number of rotatable bonds is 6. The van der Waals surface area contributed by atoms with Crippen LogP contribution in [0.15, 0.2) is 53.2 Å². The molecule has 3 rings (SSSR count). The lowest BCUT2D eigenvalue weighted by Crippen LogP contribution is -2.27.